The van der Waals surface area contributed by atoms with Crippen LogP contribution in [0.1, 0.15) is 20.8 Å². The van der Waals surface area contributed by atoms with Crippen LogP contribution >= 0.6 is 0 Å². The van der Waals surface area contributed by atoms with E-state index in [9.17, 15) is 9.59 Å². The van der Waals surface area contributed by atoms with Gasteiger partial charge in [0.1, 0.15) is 0 Å². The molecule has 0 atom stereocenters. The van der Waals surface area contributed by atoms with Crippen LogP contribution in [0.3, 0.4) is 0 Å². The highest BCUT2D eigenvalue weighted by molar-refractivity contribution is 6.32. The van der Waals surface area contributed by atoms with Crippen molar-refractivity contribution in [3.8, 4) is 0 Å². The Morgan fingerprint density at radius 3 is 2.31 bits per heavy atom. The maximum Gasteiger partial charge on any atom is 0.396 e. The summed E-state index contributed by atoms with van der Waals surface area (Å²) in [6.45, 7) is 6.44. The Bertz CT molecular complexity index is 189. The molecule has 0 aliphatic heterocycles. The van der Waals surface area contributed by atoms with Crippen LogP contribution in [0.5, 0.6) is 0 Å². The minimum absolute atomic E-state index is 0.236. The van der Waals surface area contributed by atoms with Gasteiger partial charge in [-0.25, -0.2) is 4.79 Å². The highest BCUT2D eigenvalue weighted by atomic mass is 16.5. The Labute approximate surface area is 78.9 Å². The van der Waals surface area contributed by atoms with Crippen LogP contribution in [0.15, 0.2) is 0 Å². The molecule has 0 aromatic rings. The van der Waals surface area contributed by atoms with Gasteiger partial charge in [0.15, 0.2) is 0 Å². The summed E-state index contributed by atoms with van der Waals surface area (Å²) in [5, 5.41) is 0. The van der Waals surface area contributed by atoms with Crippen molar-refractivity contribution in [3.05, 3.63) is 0 Å². The summed E-state index contributed by atoms with van der Waals surface area (Å²) < 4.78 is 4.58. The molecular formula is C9H17NO3. The zero-order valence-electron chi connectivity index (χ0n) is 8.66. The Balaban J connectivity index is 4.02. The number of hydrogen-bond donors (Lipinski definition) is 0. The van der Waals surface area contributed by atoms with Crippen molar-refractivity contribution >= 4 is 11.9 Å². The number of hydrogen-bond acceptors (Lipinski definition) is 3. The van der Waals surface area contributed by atoms with E-state index in [0.29, 0.717) is 12.5 Å². The zero-order chi connectivity index (χ0) is 10.4. The number of esters is 1. The molecule has 0 saturated heterocycles. The van der Waals surface area contributed by atoms with Crippen LogP contribution in [-0.4, -0.2) is 37.0 Å². The normalized spacial score (nSPS) is 9.92. The first-order valence-electron chi connectivity index (χ1n) is 4.41. The molecule has 0 aliphatic carbocycles. The Kier molecular flexibility index (Phi) is 5.11. The van der Waals surface area contributed by atoms with Gasteiger partial charge in [0, 0.05) is 13.6 Å². The van der Waals surface area contributed by atoms with Gasteiger partial charge in [-0.05, 0) is 12.8 Å². The van der Waals surface area contributed by atoms with Crippen LogP contribution in [0.4, 0.5) is 0 Å². The van der Waals surface area contributed by atoms with E-state index in [2.05, 4.69) is 4.74 Å². The van der Waals surface area contributed by atoms with E-state index < -0.39 is 11.9 Å². The second kappa shape index (κ2) is 5.56. The van der Waals surface area contributed by atoms with Crippen molar-refractivity contribution < 1.29 is 14.3 Å². The third-order valence-electron chi connectivity index (χ3n) is 1.44. The molecule has 0 aliphatic rings. The Morgan fingerprint density at radius 2 is 1.92 bits per heavy atom. The van der Waals surface area contributed by atoms with Gasteiger partial charge >= 0.3 is 11.9 Å². The minimum atomic E-state index is -0.773. The van der Waals surface area contributed by atoms with E-state index in [1.165, 1.54) is 4.90 Å². The van der Waals surface area contributed by atoms with Gasteiger partial charge < -0.3 is 9.64 Å². The molecular weight excluding hydrogens is 170 g/mol. The molecule has 1 amide bonds. The second-order valence-corrected chi connectivity index (χ2v) is 3.30. The minimum Gasteiger partial charge on any atom is -0.459 e. The standard InChI is InChI=1S/C9H17NO3/c1-5-13-9(12)8(11)10(4)6-7(2)3/h7H,5-6H2,1-4H3. The lowest BCUT2D eigenvalue weighted by Crippen LogP contribution is -2.36. The molecule has 0 aromatic heterocycles. The van der Waals surface area contributed by atoms with Gasteiger partial charge in [0.2, 0.25) is 0 Å². The molecule has 0 unspecified atom stereocenters. The number of amides is 1. The third kappa shape index (κ3) is 4.50. The summed E-state index contributed by atoms with van der Waals surface area (Å²) in [6.07, 6.45) is 0. The predicted molar refractivity (Wildman–Crippen MR) is 49.1 cm³/mol. The number of nitrogens with zero attached hydrogens (tertiary/aromatic N) is 1. The fourth-order valence-electron chi connectivity index (χ4n) is 0.979. The van der Waals surface area contributed by atoms with Crippen molar-refractivity contribution in [2.24, 2.45) is 5.92 Å². The van der Waals surface area contributed by atoms with Gasteiger partial charge in [0.25, 0.3) is 0 Å². The highest BCUT2D eigenvalue weighted by Crippen LogP contribution is 1.97. The summed E-state index contributed by atoms with van der Waals surface area (Å²) >= 11 is 0. The molecule has 0 spiro atoms. The number of rotatable bonds is 3. The highest BCUT2D eigenvalue weighted by Gasteiger charge is 2.19. The second-order valence-electron chi connectivity index (χ2n) is 3.30. The quantitative estimate of drug-likeness (QED) is 0.482. The van der Waals surface area contributed by atoms with Crippen LogP contribution in [-0.2, 0) is 14.3 Å². The molecule has 76 valence electrons. The first-order chi connectivity index (χ1) is 5.99. The third-order valence-corrected chi connectivity index (χ3v) is 1.44. The van der Waals surface area contributed by atoms with E-state index in [0.717, 1.165) is 0 Å². The average molecular weight is 187 g/mol. The molecule has 4 nitrogen and oxygen atoms in total. The lowest BCUT2D eigenvalue weighted by Gasteiger charge is -2.17. The molecule has 0 heterocycles. The van der Waals surface area contributed by atoms with E-state index in [1.54, 1.807) is 14.0 Å². The van der Waals surface area contributed by atoms with Gasteiger partial charge in [-0.2, -0.15) is 0 Å². The van der Waals surface area contributed by atoms with Gasteiger partial charge in [-0.1, -0.05) is 13.8 Å². The van der Waals surface area contributed by atoms with Crippen molar-refractivity contribution in [2.45, 2.75) is 20.8 Å². The van der Waals surface area contributed by atoms with Crippen LogP contribution in [0.2, 0.25) is 0 Å². The molecule has 0 rings (SSSR count). The number of carbonyl (C=O) groups excluding carboxylic acids is 2. The SMILES string of the molecule is CCOC(=O)C(=O)N(C)CC(C)C. The topological polar surface area (TPSA) is 46.6 Å². The maximum absolute atomic E-state index is 11.2. The van der Waals surface area contributed by atoms with Gasteiger partial charge in [-0.3, -0.25) is 4.79 Å². The van der Waals surface area contributed by atoms with E-state index in [4.69, 9.17) is 0 Å². The largest absolute Gasteiger partial charge is 0.459 e. The first-order valence-corrected chi connectivity index (χ1v) is 4.41. The molecule has 0 saturated carbocycles. The average Bonchev–Trinajstić information content (AvgIpc) is 2.02. The molecule has 4 heteroatoms. The van der Waals surface area contributed by atoms with Crippen molar-refractivity contribution in [2.75, 3.05) is 20.2 Å². The molecule has 0 fully saturated rings. The van der Waals surface area contributed by atoms with Crippen molar-refractivity contribution in [1.82, 2.24) is 4.90 Å². The van der Waals surface area contributed by atoms with Crippen molar-refractivity contribution in [3.63, 3.8) is 0 Å². The molecule has 0 radical (unpaired) electrons. The molecule has 0 N–H and O–H groups in total. The predicted octanol–water partition coefficient (Wildman–Crippen LogP) is 0.664. The van der Waals surface area contributed by atoms with E-state index in [-0.39, 0.29) is 6.61 Å². The fraction of sp³-hybridized carbons (Fsp3) is 0.778. The molecule has 13 heavy (non-hydrogen) atoms. The Hall–Kier alpha value is -1.06. The van der Waals surface area contributed by atoms with E-state index >= 15 is 0 Å². The molecule has 0 aromatic carbocycles. The lowest BCUT2D eigenvalue weighted by molar-refractivity contribution is -0.159. The number of likely N-dealkylation sites (N-methyl/N-ethyl adjacent to an activating group) is 1. The van der Waals surface area contributed by atoms with Crippen LogP contribution < -0.4 is 0 Å². The van der Waals surface area contributed by atoms with Crippen LogP contribution in [0, 0.1) is 5.92 Å². The van der Waals surface area contributed by atoms with Crippen molar-refractivity contribution in [1.29, 1.82) is 0 Å². The Morgan fingerprint density at radius 1 is 1.38 bits per heavy atom. The lowest BCUT2D eigenvalue weighted by atomic mass is 10.2. The molecule has 0 bridgehead atoms. The summed E-state index contributed by atoms with van der Waals surface area (Å²) in [5.41, 5.74) is 0. The summed E-state index contributed by atoms with van der Waals surface area (Å²) in [4.78, 5) is 23.6. The van der Waals surface area contributed by atoms with Gasteiger partial charge in [-0.15, -0.1) is 0 Å². The summed E-state index contributed by atoms with van der Waals surface area (Å²) in [6, 6.07) is 0. The maximum atomic E-state index is 11.2. The summed E-state index contributed by atoms with van der Waals surface area (Å²) in [5.74, 6) is -0.996. The van der Waals surface area contributed by atoms with Crippen LogP contribution in [0.25, 0.3) is 0 Å². The number of ether oxygens (including phenoxy) is 1. The smallest absolute Gasteiger partial charge is 0.396 e. The monoisotopic (exact) mass is 187 g/mol. The first kappa shape index (κ1) is 11.9. The van der Waals surface area contributed by atoms with Gasteiger partial charge in [0.05, 0.1) is 6.61 Å². The fourth-order valence-corrected chi connectivity index (χ4v) is 0.979. The number of carbonyl (C=O) groups is 2. The van der Waals surface area contributed by atoms with E-state index in [1.807, 2.05) is 13.8 Å². The zero-order valence-corrected chi connectivity index (χ0v) is 8.66. The summed E-state index contributed by atoms with van der Waals surface area (Å²) in [7, 11) is 1.60.